The molecule has 1 fully saturated rings. The number of aliphatic hydroxyl groups is 3. The van der Waals surface area contributed by atoms with Crippen LogP contribution in [-0.2, 0) is 20.8 Å². The zero-order valence-electron chi connectivity index (χ0n) is 18.8. The van der Waals surface area contributed by atoms with Crippen molar-refractivity contribution >= 4 is 28.9 Å². The number of phenolic OH excluding ortho intramolecular Hbond substituents is 1. The van der Waals surface area contributed by atoms with Crippen LogP contribution in [0.5, 0.6) is 5.75 Å². The molecule has 48 heavy (non-hydrogen) atoms. The molecule has 1 aromatic rings. The molecule has 0 bridgehead atoms. The number of fused-ring (bicyclic) bond motifs is 3. The van der Waals surface area contributed by atoms with Crippen molar-refractivity contribution in [2.75, 3.05) is 33.1 Å². The summed E-state index contributed by atoms with van der Waals surface area (Å²) >= 11 is 0. The van der Waals surface area contributed by atoms with E-state index in [0.717, 1.165) is 5.69 Å². The zero-order valence-corrected chi connectivity index (χ0v) is 18.8. The van der Waals surface area contributed by atoms with Crippen LogP contribution in [0.15, 0.2) is 29.0 Å². The second kappa shape index (κ2) is 26.6. The van der Waals surface area contributed by atoms with E-state index in [2.05, 4.69) is 0 Å². The Morgan fingerprint density at radius 1 is 0.792 bits per heavy atom. The number of carbonyl (C=O) groups excluding carboxylic acids is 3. The standard InChI is InChI=1S/C23H27N3O7.15CH4/c1-25(2)12-5-6-13(27)15-10(12)7-9-8-11-17(26(3)4)19(29)16(22(24)32)21(31)23(11,33)20(30)14(9)18(15)28;;;;;;;;;;;;;;;/h5-6,9,11,17,27-28,31,33H,7-8H2,1-4H3,(H2,24,32);15*1H4/t9-,11-,17-,23-;;;;;;;;;;;;;;;/m0.............../s1. The molecule has 3 aliphatic carbocycles. The molecule has 0 saturated heterocycles. The van der Waals surface area contributed by atoms with E-state index in [-0.39, 0.29) is 141 Å². The number of amides is 1. The molecule has 296 valence electrons. The highest BCUT2D eigenvalue weighted by atomic mass is 16.3. The second-order valence-corrected chi connectivity index (χ2v) is 9.31. The number of ketones is 2. The van der Waals surface area contributed by atoms with Gasteiger partial charge in [-0.2, -0.15) is 0 Å². The van der Waals surface area contributed by atoms with E-state index in [1.165, 1.54) is 11.0 Å². The van der Waals surface area contributed by atoms with E-state index in [9.17, 15) is 34.8 Å². The molecule has 6 N–H and O–H groups in total. The van der Waals surface area contributed by atoms with Crippen molar-refractivity contribution in [1.29, 1.82) is 0 Å². The van der Waals surface area contributed by atoms with E-state index in [1.54, 1.807) is 20.2 Å². The van der Waals surface area contributed by atoms with Crippen LogP contribution in [0, 0.1) is 11.8 Å². The molecule has 4 atom stereocenters. The van der Waals surface area contributed by atoms with Crippen molar-refractivity contribution < 1.29 is 34.8 Å². The van der Waals surface area contributed by atoms with Crippen LogP contribution in [0.2, 0.25) is 0 Å². The van der Waals surface area contributed by atoms with Gasteiger partial charge in [0.15, 0.2) is 11.4 Å². The van der Waals surface area contributed by atoms with E-state index >= 15 is 0 Å². The van der Waals surface area contributed by atoms with Gasteiger partial charge in [-0.1, -0.05) is 111 Å². The molecule has 1 amide bonds. The quantitative estimate of drug-likeness (QED) is 0.193. The third kappa shape index (κ3) is 10.6. The predicted octanol–water partition coefficient (Wildman–Crippen LogP) is 9.57. The number of anilines is 1. The summed E-state index contributed by atoms with van der Waals surface area (Å²) in [7, 11) is 6.75. The van der Waals surface area contributed by atoms with Crippen molar-refractivity contribution in [2.45, 2.75) is 136 Å². The zero-order chi connectivity index (χ0) is 24.6. The molecule has 0 unspecified atom stereocenters. The number of phenols is 1. The van der Waals surface area contributed by atoms with Gasteiger partial charge in [0, 0.05) is 31.3 Å². The highest BCUT2D eigenvalue weighted by Gasteiger charge is 2.64. The lowest BCUT2D eigenvalue weighted by atomic mass is 9.57. The Kier molecular flexibility index (Phi) is 44.2. The summed E-state index contributed by atoms with van der Waals surface area (Å²) in [4.78, 5) is 42.0. The van der Waals surface area contributed by atoms with Crippen molar-refractivity contribution in [3.8, 4) is 5.75 Å². The number of primary amides is 1. The number of nitrogens with zero attached hydrogens (tertiary/aromatic N) is 2. The first-order valence-corrected chi connectivity index (χ1v) is 10.5. The Bertz CT molecular complexity index is 1170. The van der Waals surface area contributed by atoms with Crippen LogP contribution in [-0.4, -0.2) is 82.6 Å². The lowest BCUT2D eigenvalue weighted by Gasteiger charge is -2.50. The van der Waals surface area contributed by atoms with Gasteiger partial charge >= 0.3 is 0 Å². The molecule has 1 saturated carbocycles. The number of carbonyl (C=O) groups is 3. The van der Waals surface area contributed by atoms with Gasteiger partial charge in [0.1, 0.15) is 22.8 Å². The third-order valence-corrected chi connectivity index (χ3v) is 7.06. The molecule has 0 aliphatic heterocycles. The molecule has 3 aliphatic rings. The minimum Gasteiger partial charge on any atom is -0.508 e. The van der Waals surface area contributed by atoms with Crippen molar-refractivity contribution in [2.24, 2.45) is 17.6 Å². The summed E-state index contributed by atoms with van der Waals surface area (Å²) in [6.45, 7) is 0. The molecule has 1 aromatic carbocycles. The van der Waals surface area contributed by atoms with Crippen LogP contribution < -0.4 is 10.6 Å². The van der Waals surface area contributed by atoms with Gasteiger partial charge in [0.2, 0.25) is 5.78 Å². The summed E-state index contributed by atoms with van der Waals surface area (Å²) in [6, 6.07) is 2.01. The van der Waals surface area contributed by atoms with Gasteiger partial charge in [0.05, 0.1) is 11.6 Å². The fourth-order valence-corrected chi connectivity index (χ4v) is 5.65. The Hall–Kier alpha value is -3.37. The lowest BCUT2D eigenvalue weighted by Crippen LogP contribution is -2.65. The number of aromatic hydroxyl groups is 1. The normalized spacial score (nSPS) is 20.0. The largest absolute Gasteiger partial charge is 0.508 e. The highest BCUT2D eigenvalue weighted by molar-refractivity contribution is 6.24. The van der Waals surface area contributed by atoms with Gasteiger partial charge in [-0.25, -0.2) is 0 Å². The summed E-state index contributed by atoms with van der Waals surface area (Å²) < 4.78 is 0. The molecule has 0 radical (unpaired) electrons. The molecule has 0 spiro atoms. The topological polar surface area (TPSA) is 165 Å². The van der Waals surface area contributed by atoms with E-state index in [4.69, 9.17) is 5.73 Å². The second-order valence-electron chi connectivity index (χ2n) is 9.31. The Morgan fingerprint density at radius 2 is 1.23 bits per heavy atom. The van der Waals surface area contributed by atoms with Gasteiger partial charge in [-0.15, -0.1) is 0 Å². The third-order valence-electron chi connectivity index (χ3n) is 7.06. The van der Waals surface area contributed by atoms with Gasteiger partial charge < -0.3 is 31.1 Å². The Labute approximate surface area is 300 Å². The summed E-state index contributed by atoms with van der Waals surface area (Å²) in [6.07, 6.45) is 0.324. The number of nitrogens with two attached hydrogens (primary N) is 1. The molecule has 0 heterocycles. The minimum absolute atomic E-state index is 0. The van der Waals surface area contributed by atoms with E-state index in [1.807, 2.05) is 19.0 Å². The predicted molar refractivity (Wildman–Crippen MR) is 220 cm³/mol. The maximum atomic E-state index is 13.7. The highest BCUT2D eigenvalue weighted by Crippen LogP contribution is 2.53. The van der Waals surface area contributed by atoms with Gasteiger partial charge in [-0.05, 0) is 50.6 Å². The maximum Gasteiger partial charge on any atom is 0.255 e. The lowest BCUT2D eigenvalue weighted by molar-refractivity contribution is -0.153. The maximum absolute atomic E-state index is 13.7. The number of hydrogen-bond acceptors (Lipinski definition) is 9. The fraction of sp³-hybridized carbons (Fsp3) is 0.658. The average Bonchev–Trinajstić information content (AvgIpc) is 2.70. The smallest absolute Gasteiger partial charge is 0.255 e. The van der Waals surface area contributed by atoms with Crippen LogP contribution in [0.1, 0.15) is 129 Å². The Morgan fingerprint density at radius 3 is 1.60 bits per heavy atom. The summed E-state index contributed by atoms with van der Waals surface area (Å²) in [5.74, 6) is -6.54. The summed E-state index contributed by atoms with van der Waals surface area (Å²) in [5.41, 5.74) is 3.15. The van der Waals surface area contributed by atoms with Gasteiger partial charge in [0.25, 0.3) is 5.91 Å². The molecular weight excluding hydrogens is 610 g/mol. The molecule has 10 heteroatoms. The van der Waals surface area contributed by atoms with Crippen LogP contribution in [0.3, 0.4) is 0 Å². The SMILES string of the molecule is C.C.C.C.C.C.C.C.C.C.C.C.C.C.C.CN(C)c1ccc(O)c2c1C[C@H]1C[C@H]3[C@H](N(C)C)C(=O)C(C(N)=O)=C(O)[C@@]3(O)C(=O)C1=C2O. The molecular formula is C38H87N3O7. The van der Waals surface area contributed by atoms with Crippen molar-refractivity contribution in [1.82, 2.24) is 4.90 Å². The summed E-state index contributed by atoms with van der Waals surface area (Å²) in [5, 5.41) is 43.9. The molecule has 4 rings (SSSR count). The first kappa shape index (κ1) is 79.8. The molecule has 10 nitrogen and oxygen atoms in total. The average molecular weight is 698 g/mol. The minimum atomic E-state index is -2.63. The Balaban J connectivity index is -0.0000000864. The fourth-order valence-electron chi connectivity index (χ4n) is 5.65. The number of likely N-dealkylation sites (N-methyl/N-ethyl adjacent to an activating group) is 1. The number of aliphatic hydroxyl groups excluding tert-OH is 2. The van der Waals surface area contributed by atoms with Crippen molar-refractivity contribution in [3.63, 3.8) is 0 Å². The van der Waals surface area contributed by atoms with Crippen molar-refractivity contribution in [3.05, 3.63) is 40.2 Å². The number of Topliss-reactive ketones (excluding diaryl/α,β-unsaturated/α-hetero) is 2. The monoisotopic (exact) mass is 698 g/mol. The van der Waals surface area contributed by atoms with Crippen LogP contribution in [0.4, 0.5) is 5.69 Å². The van der Waals surface area contributed by atoms with E-state index < -0.39 is 58.0 Å². The van der Waals surface area contributed by atoms with Crippen LogP contribution in [0.25, 0.3) is 5.76 Å². The first-order valence-electron chi connectivity index (χ1n) is 10.5. The number of rotatable bonds is 3. The van der Waals surface area contributed by atoms with E-state index in [0.29, 0.717) is 5.56 Å². The van der Waals surface area contributed by atoms with Crippen LogP contribution >= 0.6 is 0 Å². The first-order chi connectivity index (χ1) is 15.3. The molecule has 0 aromatic heterocycles. The number of hydrogen-bond donors (Lipinski definition) is 5. The number of benzene rings is 1. The van der Waals surface area contributed by atoms with Gasteiger partial charge in [-0.3, -0.25) is 19.3 Å².